The summed E-state index contributed by atoms with van der Waals surface area (Å²) in [6, 6.07) is 17.7. The third-order valence-electron chi connectivity index (χ3n) is 5.55. The summed E-state index contributed by atoms with van der Waals surface area (Å²) >= 11 is 1.25. The Balaban J connectivity index is 1.55. The van der Waals surface area contributed by atoms with Crippen LogP contribution in [0.3, 0.4) is 0 Å². The highest BCUT2D eigenvalue weighted by atomic mass is 32.2. The number of hydrogen-bond donors (Lipinski definition) is 1. The maximum atomic E-state index is 12.9. The second-order valence-corrected chi connectivity index (χ2v) is 10.2. The predicted octanol–water partition coefficient (Wildman–Crippen LogP) is 7.14. The molecule has 1 aromatic heterocycles. The summed E-state index contributed by atoms with van der Waals surface area (Å²) in [6.07, 6.45) is -3.05. The number of halogens is 3. The molecule has 0 saturated heterocycles. The minimum Gasteiger partial charge on any atom is -0.486 e. The van der Waals surface area contributed by atoms with Crippen molar-refractivity contribution in [3.05, 3.63) is 84.1 Å². The zero-order chi connectivity index (χ0) is 25.4. The van der Waals surface area contributed by atoms with Gasteiger partial charge >= 0.3 is 12.1 Å². The number of thioether (sulfide) groups is 1. The molecule has 0 spiro atoms. The van der Waals surface area contributed by atoms with Crippen LogP contribution in [0.2, 0.25) is 0 Å². The second-order valence-electron chi connectivity index (χ2n) is 8.53. The number of fused-ring (bicyclic) bond motifs is 1. The number of alkyl halides is 3. The Kier molecular flexibility index (Phi) is 6.55. The summed E-state index contributed by atoms with van der Waals surface area (Å²) in [5, 5.41) is 14.5. The topological polar surface area (TPSA) is 64.3 Å². The minimum atomic E-state index is -4.39. The maximum absolute atomic E-state index is 12.9. The second kappa shape index (κ2) is 9.30. The summed E-state index contributed by atoms with van der Waals surface area (Å²) in [4.78, 5) is 12.2. The van der Waals surface area contributed by atoms with Gasteiger partial charge in [0.1, 0.15) is 16.6 Å². The van der Waals surface area contributed by atoms with Crippen molar-refractivity contribution >= 4 is 28.6 Å². The summed E-state index contributed by atoms with van der Waals surface area (Å²) in [6.45, 7) is 5.20. The first-order valence-corrected chi connectivity index (χ1v) is 11.6. The van der Waals surface area contributed by atoms with Crippen LogP contribution in [0, 0.1) is 0 Å². The van der Waals surface area contributed by atoms with Crippen LogP contribution in [0.15, 0.2) is 77.8 Å². The molecule has 0 bridgehead atoms. The number of carbonyl (C=O) groups is 1. The lowest BCUT2D eigenvalue weighted by atomic mass is 10.1. The lowest BCUT2D eigenvalue weighted by molar-refractivity contribution is -0.139. The van der Waals surface area contributed by atoms with Crippen molar-refractivity contribution in [1.82, 2.24) is 9.78 Å². The molecule has 182 valence electrons. The Morgan fingerprint density at radius 3 is 2.29 bits per heavy atom. The van der Waals surface area contributed by atoms with Gasteiger partial charge in [-0.25, -0.2) is 4.68 Å². The number of aromatic nitrogens is 2. The number of nitrogens with zero attached hydrogens (tertiary/aromatic N) is 2. The van der Waals surface area contributed by atoms with E-state index in [0.717, 1.165) is 33.5 Å². The van der Waals surface area contributed by atoms with E-state index in [1.807, 2.05) is 37.3 Å². The fourth-order valence-corrected chi connectivity index (χ4v) is 4.57. The van der Waals surface area contributed by atoms with Crippen LogP contribution in [-0.2, 0) is 11.0 Å². The van der Waals surface area contributed by atoms with Crippen LogP contribution in [0.4, 0.5) is 13.2 Å². The number of rotatable bonds is 7. The van der Waals surface area contributed by atoms with Crippen LogP contribution in [0.5, 0.6) is 5.75 Å². The van der Waals surface area contributed by atoms with Gasteiger partial charge in [0.2, 0.25) is 0 Å². The normalized spacial score (nSPS) is 13.1. The molecule has 0 saturated carbocycles. The van der Waals surface area contributed by atoms with Gasteiger partial charge < -0.3 is 9.84 Å². The van der Waals surface area contributed by atoms with Gasteiger partial charge in [-0.1, -0.05) is 12.1 Å². The molecule has 35 heavy (non-hydrogen) atoms. The highest BCUT2D eigenvalue weighted by Crippen LogP contribution is 2.35. The number of carboxylic acids is 1. The summed E-state index contributed by atoms with van der Waals surface area (Å²) in [5.41, 5.74) is 1.44. The Morgan fingerprint density at radius 1 is 1.03 bits per heavy atom. The molecule has 0 aliphatic carbocycles. The first-order chi connectivity index (χ1) is 16.5. The fraction of sp³-hybridized carbons (Fsp3) is 0.231. The molecule has 1 N–H and O–H groups in total. The molecule has 0 amide bonds. The predicted molar refractivity (Wildman–Crippen MR) is 129 cm³/mol. The fourth-order valence-electron chi connectivity index (χ4n) is 3.62. The highest BCUT2D eigenvalue weighted by molar-refractivity contribution is 8.01. The molecule has 4 aromatic rings. The quantitative estimate of drug-likeness (QED) is 0.273. The number of benzene rings is 3. The molecule has 3 aromatic carbocycles. The van der Waals surface area contributed by atoms with Gasteiger partial charge in [-0.15, -0.1) is 11.8 Å². The van der Waals surface area contributed by atoms with E-state index in [-0.39, 0.29) is 6.10 Å². The standard InChI is InChI=1S/C26H23F3N2O3S/c1-16(34-19-11-13-20(14-12-19)35-25(2,3)24(32)33)21-5-4-6-23-22(21)15-30-31(23)18-9-7-17(8-10-18)26(27,28)29/h4-16H,1-3H3,(H,32,33). The summed E-state index contributed by atoms with van der Waals surface area (Å²) in [5.74, 6) is -0.261. The average molecular weight is 501 g/mol. The van der Waals surface area contributed by atoms with E-state index < -0.39 is 22.5 Å². The van der Waals surface area contributed by atoms with E-state index in [2.05, 4.69) is 5.10 Å². The monoisotopic (exact) mass is 500 g/mol. The van der Waals surface area contributed by atoms with E-state index in [9.17, 15) is 23.1 Å². The van der Waals surface area contributed by atoms with Crippen molar-refractivity contribution in [2.24, 2.45) is 0 Å². The van der Waals surface area contributed by atoms with Gasteiger partial charge in [-0.2, -0.15) is 18.3 Å². The van der Waals surface area contributed by atoms with Gasteiger partial charge in [0, 0.05) is 15.8 Å². The van der Waals surface area contributed by atoms with E-state index in [0.29, 0.717) is 11.4 Å². The molecule has 0 aliphatic rings. The molecular weight excluding hydrogens is 477 g/mol. The van der Waals surface area contributed by atoms with Crippen LogP contribution in [0.1, 0.15) is 38.0 Å². The van der Waals surface area contributed by atoms with E-state index in [4.69, 9.17) is 4.74 Å². The molecular formula is C26H23F3N2O3S. The first-order valence-electron chi connectivity index (χ1n) is 10.8. The SMILES string of the molecule is CC(Oc1ccc(SC(C)(C)C(=O)O)cc1)c1cccc2c1cnn2-c1ccc(C(F)(F)F)cc1. The number of ether oxygens (including phenoxy) is 1. The number of carboxylic acid groups (broad SMARTS) is 1. The molecule has 4 rings (SSSR count). The van der Waals surface area contributed by atoms with E-state index in [1.54, 1.807) is 36.9 Å². The van der Waals surface area contributed by atoms with E-state index >= 15 is 0 Å². The highest BCUT2D eigenvalue weighted by Gasteiger charge is 2.30. The molecule has 0 aliphatic heterocycles. The van der Waals surface area contributed by atoms with Crippen LogP contribution < -0.4 is 4.74 Å². The summed E-state index contributed by atoms with van der Waals surface area (Å²) < 4.78 is 45.5. The first kappa shape index (κ1) is 24.7. The molecule has 1 atom stereocenters. The van der Waals surface area contributed by atoms with Crippen molar-refractivity contribution in [2.75, 3.05) is 0 Å². The van der Waals surface area contributed by atoms with Crippen molar-refractivity contribution < 1.29 is 27.8 Å². The van der Waals surface area contributed by atoms with Gasteiger partial charge in [-0.3, -0.25) is 4.79 Å². The Hall–Kier alpha value is -3.46. The van der Waals surface area contributed by atoms with Gasteiger partial charge in [0.15, 0.2) is 0 Å². The molecule has 9 heteroatoms. The van der Waals surface area contributed by atoms with Crippen molar-refractivity contribution in [3.63, 3.8) is 0 Å². The Labute approximate surface area is 204 Å². The van der Waals surface area contributed by atoms with Crippen molar-refractivity contribution in [2.45, 2.75) is 42.7 Å². The molecule has 1 heterocycles. The zero-order valence-corrected chi connectivity index (χ0v) is 20.0. The largest absolute Gasteiger partial charge is 0.486 e. The molecule has 1 unspecified atom stereocenters. The smallest absolute Gasteiger partial charge is 0.416 e. The lowest BCUT2D eigenvalue weighted by Gasteiger charge is -2.19. The summed E-state index contributed by atoms with van der Waals surface area (Å²) in [7, 11) is 0. The molecule has 5 nitrogen and oxygen atoms in total. The Morgan fingerprint density at radius 2 is 1.69 bits per heavy atom. The molecule has 0 radical (unpaired) electrons. The number of aliphatic carboxylic acids is 1. The van der Waals surface area contributed by atoms with Crippen LogP contribution in [-0.4, -0.2) is 25.6 Å². The maximum Gasteiger partial charge on any atom is 0.416 e. The third-order valence-corrected chi connectivity index (χ3v) is 6.74. The van der Waals surface area contributed by atoms with E-state index in [1.165, 1.54) is 23.9 Å². The lowest BCUT2D eigenvalue weighted by Crippen LogP contribution is -2.26. The van der Waals surface area contributed by atoms with Crippen LogP contribution in [0.25, 0.3) is 16.6 Å². The zero-order valence-electron chi connectivity index (χ0n) is 19.2. The van der Waals surface area contributed by atoms with Crippen LogP contribution >= 0.6 is 11.8 Å². The van der Waals surface area contributed by atoms with Gasteiger partial charge in [-0.05, 0) is 75.4 Å². The van der Waals surface area contributed by atoms with Gasteiger partial charge in [0.25, 0.3) is 0 Å². The Bertz CT molecular complexity index is 1350. The van der Waals surface area contributed by atoms with Crippen molar-refractivity contribution in [1.29, 1.82) is 0 Å². The molecule has 0 fully saturated rings. The number of hydrogen-bond acceptors (Lipinski definition) is 4. The average Bonchev–Trinajstić information content (AvgIpc) is 3.24. The minimum absolute atomic E-state index is 0.335. The third kappa shape index (κ3) is 5.30. The van der Waals surface area contributed by atoms with Gasteiger partial charge in [0.05, 0.1) is 23.0 Å². The van der Waals surface area contributed by atoms with Crippen molar-refractivity contribution in [3.8, 4) is 11.4 Å².